The summed E-state index contributed by atoms with van der Waals surface area (Å²) in [6, 6.07) is 10.1. The van der Waals surface area contributed by atoms with Crippen LogP contribution in [0.4, 0.5) is 0 Å². The van der Waals surface area contributed by atoms with E-state index in [1.54, 1.807) is 0 Å². The summed E-state index contributed by atoms with van der Waals surface area (Å²) >= 11 is 0. The van der Waals surface area contributed by atoms with Gasteiger partial charge in [0.1, 0.15) is 5.92 Å². The number of nitrogens with one attached hydrogen (secondary N) is 1. The molecule has 5 heteroatoms. The van der Waals surface area contributed by atoms with Crippen LogP contribution in [-0.4, -0.2) is 54.3 Å². The Bertz CT molecular complexity index is 664. The van der Waals surface area contributed by atoms with E-state index in [4.69, 9.17) is 0 Å². The third kappa shape index (κ3) is 4.57. The highest BCUT2D eigenvalue weighted by atomic mass is 16.2. The largest absolute Gasteiger partial charge is 0.349 e. The number of hydrogen-bond acceptors (Lipinski definition) is 3. The van der Waals surface area contributed by atoms with Gasteiger partial charge in [-0.25, -0.2) is 0 Å². The number of carbonyl (C=O) groups is 2. The van der Waals surface area contributed by atoms with E-state index in [1.165, 1.54) is 38.6 Å². The van der Waals surface area contributed by atoms with Crippen molar-refractivity contribution in [2.75, 3.05) is 32.7 Å². The summed E-state index contributed by atoms with van der Waals surface area (Å²) in [6.45, 7) is 4.60. The Kier molecular flexibility index (Phi) is 6.30. The fourth-order valence-electron chi connectivity index (χ4n) is 5.09. The van der Waals surface area contributed by atoms with Gasteiger partial charge in [-0.15, -0.1) is 0 Å². The Labute approximate surface area is 168 Å². The van der Waals surface area contributed by atoms with E-state index in [0.717, 1.165) is 44.1 Å². The van der Waals surface area contributed by atoms with Crippen LogP contribution in [0.2, 0.25) is 0 Å². The lowest BCUT2D eigenvalue weighted by Gasteiger charge is -2.39. The van der Waals surface area contributed by atoms with Gasteiger partial charge in [0.25, 0.3) is 0 Å². The predicted octanol–water partition coefficient (Wildman–Crippen LogP) is 2.98. The lowest BCUT2D eigenvalue weighted by Crippen LogP contribution is -2.54. The number of benzene rings is 1. The Morgan fingerprint density at radius 2 is 1.64 bits per heavy atom. The van der Waals surface area contributed by atoms with Crippen LogP contribution < -0.4 is 5.32 Å². The van der Waals surface area contributed by atoms with Crippen molar-refractivity contribution in [3.05, 3.63) is 35.9 Å². The number of carbonyl (C=O) groups excluding carboxylic acids is 2. The van der Waals surface area contributed by atoms with Gasteiger partial charge in [0.05, 0.1) is 6.04 Å². The molecule has 2 saturated heterocycles. The third-order valence-corrected chi connectivity index (χ3v) is 6.80. The van der Waals surface area contributed by atoms with Crippen molar-refractivity contribution in [1.29, 1.82) is 0 Å². The van der Waals surface area contributed by atoms with E-state index in [9.17, 15) is 9.59 Å². The van der Waals surface area contributed by atoms with Gasteiger partial charge >= 0.3 is 0 Å². The minimum Gasteiger partial charge on any atom is -0.349 e. The SMILES string of the molecule is O=C1NC(c2ccccc2)CCC1C(=O)N1CCN(CC2CCCCC2)CC1. The molecule has 5 nitrogen and oxygen atoms in total. The van der Waals surface area contributed by atoms with Crippen molar-refractivity contribution in [3.8, 4) is 0 Å². The maximum atomic E-state index is 12.9. The number of amides is 2. The molecule has 1 aliphatic carbocycles. The zero-order chi connectivity index (χ0) is 19.3. The molecule has 3 fully saturated rings. The predicted molar refractivity (Wildman–Crippen MR) is 110 cm³/mol. The highest BCUT2D eigenvalue weighted by Crippen LogP contribution is 2.28. The minimum atomic E-state index is -0.509. The van der Waals surface area contributed by atoms with Crippen LogP contribution in [0.15, 0.2) is 30.3 Å². The van der Waals surface area contributed by atoms with Gasteiger partial charge in [0.2, 0.25) is 11.8 Å². The normalized spacial score (nSPS) is 27.4. The molecule has 2 amide bonds. The Balaban J connectivity index is 1.25. The van der Waals surface area contributed by atoms with E-state index in [-0.39, 0.29) is 17.9 Å². The molecular weight excluding hydrogens is 350 g/mol. The summed E-state index contributed by atoms with van der Waals surface area (Å²) < 4.78 is 0. The number of hydrogen-bond donors (Lipinski definition) is 1. The molecule has 28 heavy (non-hydrogen) atoms. The van der Waals surface area contributed by atoms with Gasteiger partial charge in [0.15, 0.2) is 0 Å². The maximum absolute atomic E-state index is 12.9. The zero-order valence-corrected chi connectivity index (χ0v) is 16.8. The average molecular weight is 384 g/mol. The Morgan fingerprint density at radius 1 is 0.929 bits per heavy atom. The van der Waals surface area contributed by atoms with Crippen molar-refractivity contribution in [1.82, 2.24) is 15.1 Å². The van der Waals surface area contributed by atoms with E-state index in [2.05, 4.69) is 10.2 Å². The van der Waals surface area contributed by atoms with Crippen molar-refractivity contribution in [2.24, 2.45) is 11.8 Å². The van der Waals surface area contributed by atoms with Crippen LogP contribution in [0.1, 0.15) is 56.6 Å². The molecule has 1 aromatic carbocycles. The summed E-state index contributed by atoms with van der Waals surface area (Å²) in [5.41, 5.74) is 1.12. The Morgan fingerprint density at radius 3 is 2.32 bits per heavy atom. The van der Waals surface area contributed by atoms with Gasteiger partial charge in [-0.1, -0.05) is 49.6 Å². The molecule has 3 aliphatic rings. The van der Waals surface area contributed by atoms with Gasteiger partial charge < -0.3 is 10.2 Å². The average Bonchev–Trinajstić information content (AvgIpc) is 2.75. The first kappa shape index (κ1) is 19.4. The molecule has 1 saturated carbocycles. The fourth-order valence-corrected chi connectivity index (χ4v) is 5.09. The molecule has 4 rings (SSSR count). The van der Waals surface area contributed by atoms with Crippen molar-refractivity contribution in [2.45, 2.75) is 51.0 Å². The molecule has 2 heterocycles. The molecule has 2 atom stereocenters. The Hall–Kier alpha value is -1.88. The molecule has 0 bridgehead atoms. The monoisotopic (exact) mass is 383 g/mol. The summed E-state index contributed by atoms with van der Waals surface area (Å²) in [6.07, 6.45) is 8.36. The highest BCUT2D eigenvalue weighted by Gasteiger charge is 2.37. The molecule has 152 valence electrons. The molecular formula is C23H33N3O2. The molecule has 1 N–H and O–H groups in total. The van der Waals surface area contributed by atoms with Crippen LogP contribution >= 0.6 is 0 Å². The van der Waals surface area contributed by atoms with Crippen LogP contribution in [0, 0.1) is 11.8 Å². The minimum absolute atomic E-state index is 0.0290. The van der Waals surface area contributed by atoms with E-state index in [1.807, 2.05) is 35.2 Å². The molecule has 0 radical (unpaired) electrons. The smallest absolute Gasteiger partial charge is 0.235 e. The van der Waals surface area contributed by atoms with E-state index >= 15 is 0 Å². The maximum Gasteiger partial charge on any atom is 0.235 e. The van der Waals surface area contributed by atoms with Gasteiger partial charge in [0, 0.05) is 32.7 Å². The van der Waals surface area contributed by atoms with Crippen molar-refractivity contribution >= 4 is 11.8 Å². The second-order valence-corrected chi connectivity index (χ2v) is 8.73. The second kappa shape index (κ2) is 9.08. The molecule has 2 aliphatic heterocycles. The molecule has 0 aromatic heterocycles. The van der Waals surface area contributed by atoms with Crippen LogP contribution in [0.25, 0.3) is 0 Å². The van der Waals surface area contributed by atoms with Crippen molar-refractivity contribution in [3.63, 3.8) is 0 Å². The second-order valence-electron chi connectivity index (χ2n) is 8.73. The fraction of sp³-hybridized carbons (Fsp3) is 0.652. The lowest BCUT2D eigenvalue weighted by atomic mass is 9.88. The topological polar surface area (TPSA) is 52.7 Å². The van der Waals surface area contributed by atoms with Gasteiger partial charge in [-0.2, -0.15) is 0 Å². The molecule has 2 unspecified atom stereocenters. The van der Waals surface area contributed by atoms with E-state index in [0.29, 0.717) is 6.42 Å². The number of piperazine rings is 1. The number of nitrogens with zero attached hydrogens (tertiary/aromatic N) is 2. The third-order valence-electron chi connectivity index (χ3n) is 6.80. The first-order valence-electron chi connectivity index (χ1n) is 11.1. The molecule has 0 spiro atoms. The number of rotatable bonds is 4. The number of piperidine rings is 1. The lowest BCUT2D eigenvalue weighted by molar-refractivity contribution is -0.145. The first-order valence-corrected chi connectivity index (χ1v) is 11.1. The summed E-state index contributed by atoms with van der Waals surface area (Å²) in [5, 5.41) is 3.07. The van der Waals surface area contributed by atoms with Gasteiger partial charge in [-0.3, -0.25) is 14.5 Å². The van der Waals surface area contributed by atoms with E-state index < -0.39 is 5.92 Å². The quantitative estimate of drug-likeness (QED) is 0.814. The van der Waals surface area contributed by atoms with Crippen molar-refractivity contribution < 1.29 is 9.59 Å². The molecule has 1 aromatic rings. The first-order chi connectivity index (χ1) is 13.7. The summed E-state index contributed by atoms with van der Waals surface area (Å²) in [4.78, 5) is 30.0. The summed E-state index contributed by atoms with van der Waals surface area (Å²) in [5.74, 6) is 0.260. The van der Waals surface area contributed by atoms with Crippen LogP contribution in [0.3, 0.4) is 0 Å². The highest BCUT2D eigenvalue weighted by molar-refractivity contribution is 6.01. The van der Waals surface area contributed by atoms with Crippen LogP contribution in [-0.2, 0) is 9.59 Å². The van der Waals surface area contributed by atoms with Gasteiger partial charge in [-0.05, 0) is 37.2 Å². The standard InChI is InChI=1S/C23H33N3O2/c27-22-20(11-12-21(24-22)19-9-5-2-6-10-19)23(28)26-15-13-25(14-16-26)17-18-7-3-1-4-8-18/h2,5-6,9-10,18,20-21H,1,3-4,7-8,11-17H2,(H,24,27). The zero-order valence-electron chi connectivity index (χ0n) is 16.8. The van der Waals surface area contributed by atoms with Crippen LogP contribution in [0.5, 0.6) is 0 Å². The summed E-state index contributed by atoms with van der Waals surface area (Å²) in [7, 11) is 0.